The molecule has 0 spiro atoms. The normalized spacial score (nSPS) is 33.1. The molecule has 0 radical (unpaired) electrons. The van der Waals surface area contributed by atoms with Crippen molar-refractivity contribution in [3.05, 3.63) is 12.3 Å². The number of rotatable bonds is 5. The Morgan fingerprint density at radius 3 is 2.79 bits per heavy atom. The molecule has 0 N–H and O–H groups in total. The Kier molecular flexibility index (Phi) is 4.69. The summed E-state index contributed by atoms with van der Waals surface area (Å²) in [4.78, 5) is 11.4. The highest BCUT2D eigenvalue weighted by Crippen LogP contribution is 2.44. The standard InChI is InChI=1S/C14H22O5/c1-9(2)18-14(15)17-8-11-10(6-7-16-3)12-4-5-13(11)19-12/h6-7,9-13H,4-5,8H2,1-3H3/t10-,11-,12+,13-/m1/s1. The molecule has 0 saturated carbocycles. The molecule has 0 unspecified atom stereocenters. The maximum absolute atomic E-state index is 11.4. The molecule has 0 aromatic carbocycles. The summed E-state index contributed by atoms with van der Waals surface area (Å²) in [6, 6.07) is 0. The number of carbonyl (C=O) groups is 1. The predicted molar refractivity (Wildman–Crippen MR) is 68.6 cm³/mol. The van der Waals surface area contributed by atoms with Crippen LogP contribution in [0.4, 0.5) is 4.79 Å². The van der Waals surface area contributed by atoms with E-state index >= 15 is 0 Å². The van der Waals surface area contributed by atoms with Gasteiger partial charge in [-0.3, -0.25) is 0 Å². The van der Waals surface area contributed by atoms with Crippen molar-refractivity contribution in [2.24, 2.45) is 11.8 Å². The van der Waals surface area contributed by atoms with E-state index in [9.17, 15) is 4.79 Å². The lowest BCUT2D eigenvalue weighted by Crippen LogP contribution is -2.31. The van der Waals surface area contributed by atoms with Gasteiger partial charge in [0.15, 0.2) is 0 Å². The molecule has 2 saturated heterocycles. The van der Waals surface area contributed by atoms with Crippen LogP contribution in [0, 0.1) is 11.8 Å². The first-order valence-electron chi connectivity index (χ1n) is 6.80. The van der Waals surface area contributed by atoms with Crippen LogP contribution < -0.4 is 0 Å². The first-order valence-corrected chi connectivity index (χ1v) is 6.80. The molecule has 2 rings (SSSR count). The summed E-state index contributed by atoms with van der Waals surface area (Å²) < 4.78 is 21.0. The molecule has 0 aliphatic carbocycles. The minimum absolute atomic E-state index is 0.159. The molecule has 4 atom stereocenters. The Labute approximate surface area is 113 Å². The zero-order valence-electron chi connectivity index (χ0n) is 11.7. The van der Waals surface area contributed by atoms with Gasteiger partial charge in [0.25, 0.3) is 0 Å². The van der Waals surface area contributed by atoms with E-state index < -0.39 is 6.16 Å². The Hall–Kier alpha value is -1.23. The van der Waals surface area contributed by atoms with Crippen LogP contribution in [0.5, 0.6) is 0 Å². The SMILES string of the molecule is COC=C[C@@H]1[C@@H](COC(=O)OC(C)C)[C@H]2CC[C@@H]1O2. The van der Waals surface area contributed by atoms with Gasteiger partial charge in [0, 0.05) is 11.8 Å². The molecule has 0 aromatic heterocycles. The molecule has 2 fully saturated rings. The molecule has 19 heavy (non-hydrogen) atoms. The minimum atomic E-state index is -0.604. The van der Waals surface area contributed by atoms with Crippen LogP contribution in [0.25, 0.3) is 0 Å². The van der Waals surface area contributed by atoms with Crippen molar-refractivity contribution >= 4 is 6.16 Å². The fourth-order valence-electron chi connectivity index (χ4n) is 2.86. The third-order valence-electron chi connectivity index (χ3n) is 3.65. The lowest BCUT2D eigenvalue weighted by atomic mass is 9.80. The van der Waals surface area contributed by atoms with Crippen LogP contribution in [0.2, 0.25) is 0 Å². The zero-order chi connectivity index (χ0) is 13.8. The van der Waals surface area contributed by atoms with E-state index in [1.165, 1.54) is 0 Å². The summed E-state index contributed by atoms with van der Waals surface area (Å²) in [6.45, 7) is 3.93. The molecule has 2 aliphatic heterocycles. The van der Waals surface area contributed by atoms with Crippen molar-refractivity contribution in [1.82, 2.24) is 0 Å². The molecule has 5 nitrogen and oxygen atoms in total. The molecular weight excluding hydrogens is 248 g/mol. The average Bonchev–Trinajstić information content (AvgIpc) is 2.93. The van der Waals surface area contributed by atoms with Crippen LogP contribution >= 0.6 is 0 Å². The smallest absolute Gasteiger partial charge is 0.505 e. The van der Waals surface area contributed by atoms with Gasteiger partial charge in [0.05, 0.1) is 31.7 Å². The van der Waals surface area contributed by atoms with E-state index in [0.29, 0.717) is 6.61 Å². The lowest BCUT2D eigenvalue weighted by molar-refractivity contribution is 0.0142. The van der Waals surface area contributed by atoms with Gasteiger partial charge in [0.2, 0.25) is 0 Å². The number of hydrogen-bond acceptors (Lipinski definition) is 5. The summed E-state index contributed by atoms with van der Waals surface area (Å²) in [7, 11) is 1.62. The summed E-state index contributed by atoms with van der Waals surface area (Å²) in [5.41, 5.74) is 0. The van der Waals surface area contributed by atoms with Crippen molar-refractivity contribution in [3.8, 4) is 0 Å². The van der Waals surface area contributed by atoms with E-state index in [1.54, 1.807) is 27.2 Å². The maximum atomic E-state index is 11.4. The molecule has 0 aromatic rings. The Bertz CT molecular complexity index is 339. The third kappa shape index (κ3) is 3.41. The van der Waals surface area contributed by atoms with Crippen LogP contribution in [-0.4, -0.2) is 38.2 Å². The van der Waals surface area contributed by atoms with Gasteiger partial charge in [-0.2, -0.15) is 0 Å². The van der Waals surface area contributed by atoms with Gasteiger partial charge in [-0.15, -0.1) is 0 Å². The second-order valence-electron chi connectivity index (χ2n) is 5.32. The highest BCUT2D eigenvalue weighted by Gasteiger charge is 2.48. The summed E-state index contributed by atoms with van der Waals surface area (Å²) in [5, 5.41) is 0. The van der Waals surface area contributed by atoms with E-state index in [0.717, 1.165) is 12.8 Å². The topological polar surface area (TPSA) is 54.0 Å². The second kappa shape index (κ2) is 6.28. The molecule has 108 valence electrons. The molecule has 2 bridgehead atoms. The van der Waals surface area contributed by atoms with Crippen LogP contribution in [0.15, 0.2) is 12.3 Å². The Balaban J connectivity index is 1.87. The number of methoxy groups -OCH3 is 1. The highest BCUT2D eigenvalue weighted by molar-refractivity contribution is 5.60. The van der Waals surface area contributed by atoms with Crippen LogP contribution in [0.3, 0.4) is 0 Å². The number of ether oxygens (including phenoxy) is 4. The van der Waals surface area contributed by atoms with Gasteiger partial charge in [-0.25, -0.2) is 4.79 Å². The van der Waals surface area contributed by atoms with Crippen molar-refractivity contribution in [3.63, 3.8) is 0 Å². The van der Waals surface area contributed by atoms with Gasteiger partial charge in [-0.1, -0.05) is 0 Å². The largest absolute Gasteiger partial charge is 0.508 e. The quantitative estimate of drug-likeness (QED) is 0.567. The third-order valence-corrected chi connectivity index (χ3v) is 3.65. The fourth-order valence-corrected chi connectivity index (χ4v) is 2.86. The minimum Gasteiger partial charge on any atom is -0.505 e. The molecule has 0 amide bonds. The monoisotopic (exact) mass is 270 g/mol. The van der Waals surface area contributed by atoms with Crippen LogP contribution in [-0.2, 0) is 18.9 Å². The first kappa shape index (κ1) is 14.2. The number of carbonyl (C=O) groups excluding carboxylic acids is 1. The van der Waals surface area contributed by atoms with Crippen molar-refractivity contribution in [1.29, 1.82) is 0 Å². The zero-order valence-corrected chi connectivity index (χ0v) is 11.7. The average molecular weight is 270 g/mol. The van der Waals surface area contributed by atoms with E-state index in [2.05, 4.69) is 0 Å². The van der Waals surface area contributed by atoms with Crippen molar-refractivity contribution in [2.45, 2.75) is 45.0 Å². The number of fused-ring (bicyclic) bond motifs is 2. The van der Waals surface area contributed by atoms with E-state index in [4.69, 9.17) is 18.9 Å². The fraction of sp³-hybridized carbons (Fsp3) is 0.786. The Morgan fingerprint density at radius 2 is 2.11 bits per heavy atom. The van der Waals surface area contributed by atoms with E-state index in [-0.39, 0.29) is 30.1 Å². The summed E-state index contributed by atoms with van der Waals surface area (Å²) in [5.74, 6) is 0.454. The second-order valence-corrected chi connectivity index (χ2v) is 5.32. The van der Waals surface area contributed by atoms with Crippen LogP contribution in [0.1, 0.15) is 26.7 Å². The first-order chi connectivity index (χ1) is 9.11. The van der Waals surface area contributed by atoms with Gasteiger partial charge in [0.1, 0.15) is 6.61 Å². The predicted octanol–water partition coefficient (Wildman–Crippen LogP) is 2.50. The molecule has 5 heteroatoms. The lowest BCUT2D eigenvalue weighted by Gasteiger charge is -2.25. The van der Waals surface area contributed by atoms with Gasteiger partial charge < -0.3 is 18.9 Å². The summed E-state index contributed by atoms with van der Waals surface area (Å²) >= 11 is 0. The Morgan fingerprint density at radius 1 is 1.37 bits per heavy atom. The van der Waals surface area contributed by atoms with E-state index in [1.807, 2.05) is 6.08 Å². The molecule has 2 heterocycles. The summed E-state index contributed by atoms with van der Waals surface area (Å²) in [6.07, 6.45) is 5.43. The maximum Gasteiger partial charge on any atom is 0.508 e. The van der Waals surface area contributed by atoms with Crippen molar-refractivity contribution < 1.29 is 23.7 Å². The van der Waals surface area contributed by atoms with Crippen molar-refractivity contribution in [2.75, 3.05) is 13.7 Å². The number of hydrogen-bond donors (Lipinski definition) is 0. The molecule has 2 aliphatic rings. The molecular formula is C14H22O5. The van der Waals surface area contributed by atoms with Gasteiger partial charge in [-0.05, 0) is 32.8 Å². The van der Waals surface area contributed by atoms with Gasteiger partial charge >= 0.3 is 6.16 Å². The highest BCUT2D eigenvalue weighted by atomic mass is 16.7.